The highest BCUT2D eigenvalue weighted by Crippen LogP contribution is 2.23. The van der Waals surface area contributed by atoms with E-state index in [1.54, 1.807) is 6.20 Å². The Morgan fingerprint density at radius 1 is 1.29 bits per heavy atom. The third kappa shape index (κ3) is 5.12. The number of piperidine rings is 1. The fraction of sp³-hybridized carbons (Fsp3) is 0.789. The van der Waals surface area contributed by atoms with E-state index in [4.69, 9.17) is 4.74 Å². The predicted octanol–water partition coefficient (Wildman–Crippen LogP) is 1.01. The minimum absolute atomic E-state index is 0.00250. The van der Waals surface area contributed by atoms with Gasteiger partial charge >= 0.3 is 0 Å². The lowest BCUT2D eigenvalue weighted by Crippen LogP contribution is -2.48. The number of likely N-dealkylation sites (tertiary alicyclic amines) is 1. The lowest BCUT2D eigenvalue weighted by Gasteiger charge is -2.36. The molecule has 1 amide bonds. The lowest BCUT2D eigenvalue weighted by molar-refractivity contribution is -0.141. The van der Waals surface area contributed by atoms with Crippen molar-refractivity contribution < 1.29 is 17.9 Å². The second kappa shape index (κ2) is 8.92. The molecular weight excluding hydrogens is 380 g/mol. The zero-order valence-electron chi connectivity index (χ0n) is 17.1. The van der Waals surface area contributed by atoms with Gasteiger partial charge in [-0.1, -0.05) is 13.8 Å². The Morgan fingerprint density at radius 2 is 2.00 bits per heavy atom. The monoisotopic (exact) mass is 412 g/mol. The van der Waals surface area contributed by atoms with Crippen molar-refractivity contribution in [3.63, 3.8) is 0 Å². The molecule has 3 rings (SSSR count). The van der Waals surface area contributed by atoms with Crippen LogP contribution in [0.1, 0.15) is 32.4 Å². The highest BCUT2D eigenvalue weighted by atomic mass is 32.2. The summed E-state index contributed by atoms with van der Waals surface area (Å²) in [7, 11) is -3.38. The first kappa shape index (κ1) is 21.3. The number of nitrogens with zero attached hydrogens (tertiary/aromatic N) is 4. The summed E-state index contributed by atoms with van der Waals surface area (Å²) >= 11 is 0. The standard InChI is InChI=1S/C19H32N4O4S/c1-15(2)12-23-17(11-20-19(23)28(3,25)26)14-21-6-4-5-16(13-21)18(24)22-7-9-27-10-8-22/h11,15-16H,4-10,12-14H2,1-3H3. The van der Waals surface area contributed by atoms with Crippen LogP contribution in [0.4, 0.5) is 0 Å². The molecule has 3 heterocycles. The number of morpholine rings is 1. The van der Waals surface area contributed by atoms with E-state index in [0.717, 1.165) is 25.1 Å². The van der Waals surface area contributed by atoms with E-state index in [-0.39, 0.29) is 17.0 Å². The Hall–Kier alpha value is -1.45. The molecule has 158 valence electrons. The zero-order valence-corrected chi connectivity index (χ0v) is 17.9. The molecule has 1 unspecified atom stereocenters. The molecule has 1 aromatic heterocycles. The highest BCUT2D eigenvalue weighted by molar-refractivity contribution is 7.90. The molecular formula is C19H32N4O4S. The van der Waals surface area contributed by atoms with Gasteiger partial charge in [-0.25, -0.2) is 13.4 Å². The highest BCUT2D eigenvalue weighted by Gasteiger charge is 2.31. The van der Waals surface area contributed by atoms with Crippen LogP contribution < -0.4 is 0 Å². The molecule has 9 heteroatoms. The summed E-state index contributed by atoms with van der Waals surface area (Å²) in [5, 5.41) is 0.133. The van der Waals surface area contributed by atoms with Gasteiger partial charge in [0.1, 0.15) is 0 Å². The molecule has 2 saturated heterocycles. The van der Waals surface area contributed by atoms with Gasteiger partial charge < -0.3 is 14.2 Å². The normalized spacial score (nSPS) is 22.0. The number of carbonyl (C=O) groups is 1. The van der Waals surface area contributed by atoms with Crippen molar-refractivity contribution in [1.82, 2.24) is 19.4 Å². The number of hydrogen-bond donors (Lipinski definition) is 0. The summed E-state index contributed by atoms with van der Waals surface area (Å²) in [4.78, 5) is 21.2. The third-order valence-electron chi connectivity index (χ3n) is 5.34. The van der Waals surface area contributed by atoms with Crippen molar-refractivity contribution >= 4 is 15.7 Å². The SMILES string of the molecule is CC(C)Cn1c(CN2CCCC(C(=O)N3CCOCC3)C2)cnc1S(C)(=O)=O. The number of rotatable bonds is 6. The van der Waals surface area contributed by atoms with E-state index in [2.05, 4.69) is 23.7 Å². The van der Waals surface area contributed by atoms with Crippen molar-refractivity contribution in [3.8, 4) is 0 Å². The maximum Gasteiger partial charge on any atom is 0.227 e. The van der Waals surface area contributed by atoms with Gasteiger partial charge in [-0.05, 0) is 25.3 Å². The smallest absolute Gasteiger partial charge is 0.227 e. The maximum absolute atomic E-state index is 12.8. The molecule has 0 N–H and O–H groups in total. The van der Waals surface area contributed by atoms with E-state index in [9.17, 15) is 13.2 Å². The molecule has 28 heavy (non-hydrogen) atoms. The number of amides is 1. The summed E-state index contributed by atoms with van der Waals surface area (Å²) in [5.41, 5.74) is 0.897. The van der Waals surface area contributed by atoms with E-state index < -0.39 is 9.84 Å². The fourth-order valence-corrected chi connectivity index (χ4v) is 4.88. The molecule has 2 aliphatic heterocycles. The molecule has 1 aromatic rings. The van der Waals surface area contributed by atoms with Gasteiger partial charge in [-0.15, -0.1) is 0 Å². The molecule has 2 fully saturated rings. The Bertz CT molecular complexity index is 784. The number of carbonyl (C=O) groups excluding carboxylic acids is 1. The molecule has 0 radical (unpaired) electrons. The van der Waals surface area contributed by atoms with Crippen molar-refractivity contribution in [2.45, 2.75) is 44.9 Å². The Labute approximate surface area is 167 Å². The first-order chi connectivity index (χ1) is 13.3. The van der Waals surface area contributed by atoms with E-state index >= 15 is 0 Å². The Kier molecular flexibility index (Phi) is 6.77. The third-order valence-corrected chi connectivity index (χ3v) is 6.33. The molecule has 0 aromatic carbocycles. The minimum Gasteiger partial charge on any atom is -0.378 e. The van der Waals surface area contributed by atoms with Crippen LogP contribution in [0.5, 0.6) is 0 Å². The van der Waals surface area contributed by atoms with Crippen LogP contribution in [0, 0.1) is 11.8 Å². The maximum atomic E-state index is 12.8. The summed E-state index contributed by atoms with van der Waals surface area (Å²) in [6.07, 6.45) is 4.75. The van der Waals surface area contributed by atoms with Gasteiger partial charge in [0.25, 0.3) is 0 Å². The zero-order chi connectivity index (χ0) is 20.3. The lowest BCUT2D eigenvalue weighted by atomic mass is 9.96. The van der Waals surface area contributed by atoms with Crippen LogP contribution in [-0.2, 0) is 32.5 Å². The van der Waals surface area contributed by atoms with Gasteiger partial charge in [-0.2, -0.15) is 0 Å². The molecule has 8 nitrogen and oxygen atoms in total. The second-order valence-corrected chi connectivity index (χ2v) is 10.2. The van der Waals surface area contributed by atoms with Crippen molar-refractivity contribution in [2.75, 3.05) is 45.6 Å². The van der Waals surface area contributed by atoms with E-state index in [0.29, 0.717) is 51.9 Å². The summed E-state index contributed by atoms with van der Waals surface area (Å²) in [5.74, 6) is 0.536. The number of ether oxygens (including phenoxy) is 1. The van der Waals surface area contributed by atoms with Gasteiger partial charge in [0.05, 0.1) is 31.0 Å². The van der Waals surface area contributed by atoms with Crippen LogP contribution in [0.25, 0.3) is 0 Å². The first-order valence-electron chi connectivity index (χ1n) is 10.1. The number of imidazole rings is 1. The molecule has 0 bridgehead atoms. The topological polar surface area (TPSA) is 84.7 Å². The Morgan fingerprint density at radius 3 is 2.64 bits per heavy atom. The van der Waals surface area contributed by atoms with Gasteiger partial charge in [0, 0.05) is 39.0 Å². The molecule has 1 atom stereocenters. The van der Waals surface area contributed by atoms with Gasteiger partial charge in [0.2, 0.25) is 20.9 Å². The van der Waals surface area contributed by atoms with Crippen LogP contribution in [0.3, 0.4) is 0 Å². The van der Waals surface area contributed by atoms with E-state index in [1.165, 1.54) is 6.26 Å². The largest absolute Gasteiger partial charge is 0.378 e. The average molecular weight is 413 g/mol. The van der Waals surface area contributed by atoms with Gasteiger partial charge in [0.15, 0.2) is 0 Å². The first-order valence-corrected chi connectivity index (χ1v) is 12.0. The van der Waals surface area contributed by atoms with Crippen molar-refractivity contribution in [3.05, 3.63) is 11.9 Å². The molecule has 2 aliphatic rings. The Balaban J connectivity index is 1.71. The number of aromatic nitrogens is 2. The van der Waals surface area contributed by atoms with Crippen molar-refractivity contribution in [1.29, 1.82) is 0 Å². The summed E-state index contributed by atoms with van der Waals surface area (Å²) in [6, 6.07) is 0. The van der Waals surface area contributed by atoms with Gasteiger partial charge in [-0.3, -0.25) is 9.69 Å². The fourth-order valence-electron chi connectivity index (χ4n) is 4.05. The molecule has 0 saturated carbocycles. The predicted molar refractivity (Wildman–Crippen MR) is 106 cm³/mol. The van der Waals surface area contributed by atoms with Crippen molar-refractivity contribution in [2.24, 2.45) is 11.8 Å². The molecule has 0 spiro atoms. The quantitative estimate of drug-likeness (QED) is 0.693. The number of sulfone groups is 1. The average Bonchev–Trinajstić information content (AvgIpc) is 3.04. The van der Waals surface area contributed by atoms with Crippen LogP contribution >= 0.6 is 0 Å². The van der Waals surface area contributed by atoms with Crippen LogP contribution in [-0.4, -0.2) is 79.3 Å². The van der Waals surface area contributed by atoms with E-state index in [1.807, 2.05) is 9.47 Å². The summed E-state index contributed by atoms with van der Waals surface area (Å²) < 4.78 is 31.4. The minimum atomic E-state index is -3.38. The van der Waals surface area contributed by atoms with Crippen LogP contribution in [0.15, 0.2) is 11.4 Å². The molecule has 0 aliphatic carbocycles. The van der Waals surface area contributed by atoms with Crippen LogP contribution in [0.2, 0.25) is 0 Å². The second-order valence-electron chi connectivity index (χ2n) is 8.32. The summed E-state index contributed by atoms with van der Waals surface area (Å²) in [6.45, 7) is 9.55. The number of hydrogen-bond acceptors (Lipinski definition) is 6.